The van der Waals surface area contributed by atoms with Crippen LogP contribution in [0.2, 0.25) is 0 Å². The Labute approximate surface area is 116 Å². The van der Waals surface area contributed by atoms with Crippen molar-refractivity contribution in [2.75, 3.05) is 11.4 Å². The summed E-state index contributed by atoms with van der Waals surface area (Å²) in [6.07, 6.45) is 1.75. The molecular formula is C15H16N2O3. The molecule has 5 heteroatoms. The SMILES string of the molecule is Cc1noc(C)c1C(=O)N1CCCc2cccc(O)c21. The van der Waals surface area contributed by atoms with Crippen LogP contribution in [0.3, 0.4) is 0 Å². The highest BCUT2D eigenvalue weighted by Gasteiger charge is 2.29. The van der Waals surface area contributed by atoms with Crippen molar-refractivity contribution in [2.45, 2.75) is 26.7 Å². The van der Waals surface area contributed by atoms with Crippen molar-refractivity contribution in [2.24, 2.45) is 0 Å². The van der Waals surface area contributed by atoms with E-state index < -0.39 is 0 Å². The van der Waals surface area contributed by atoms with E-state index in [4.69, 9.17) is 4.52 Å². The molecule has 1 aliphatic rings. The summed E-state index contributed by atoms with van der Waals surface area (Å²) in [7, 11) is 0. The fourth-order valence-corrected chi connectivity index (χ4v) is 2.76. The summed E-state index contributed by atoms with van der Waals surface area (Å²) in [5.74, 6) is 0.487. The minimum atomic E-state index is -0.163. The monoisotopic (exact) mass is 272 g/mol. The van der Waals surface area contributed by atoms with Gasteiger partial charge in [0.1, 0.15) is 17.1 Å². The molecule has 1 amide bonds. The second kappa shape index (κ2) is 4.67. The van der Waals surface area contributed by atoms with Crippen molar-refractivity contribution in [1.82, 2.24) is 5.16 Å². The Morgan fingerprint density at radius 1 is 1.40 bits per heavy atom. The van der Waals surface area contributed by atoms with E-state index >= 15 is 0 Å². The largest absolute Gasteiger partial charge is 0.506 e. The summed E-state index contributed by atoms with van der Waals surface area (Å²) in [5, 5.41) is 13.9. The Hall–Kier alpha value is -2.30. The summed E-state index contributed by atoms with van der Waals surface area (Å²) < 4.78 is 5.07. The number of aromatic nitrogens is 1. The van der Waals surface area contributed by atoms with Crippen molar-refractivity contribution < 1.29 is 14.4 Å². The first-order chi connectivity index (χ1) is 9.59. The highest BCUT2D eigenvalue weighted by atomic mass is 16.5. The Balaban J connectivity index is 2.07. The molecular weight excluding hydrogens is 256 g/mol. The van der Waals surface area contributed by atoms with Crippen LogP contribution < -0.4 is 4.90 Å². The van der Waals surface area contributed by atoms with Gasteiger partial charge in [-0.1, -0.05) is 17.3 Å². The third-order valence-corrected chi connectivity index (χ3v) is 3.69. The Morgan fingerprint density at radius 2 is 2.20 bits per heavy atom. The minimum Gasteiger partial charge on any atom is -0.506 e. The molecule has 0 unspecified atom stereocenters. The highest BCUT2D eigenvalue weighted by molar-refractivity contribution is 6.08. The topological polar surface area (TPSA) is 66.6 Å². The number of aryl methyl sites for hydroxylation is 3. The second-order valence-electron chi connectivity index (χ2n) is 5.04. The van der Waals surface area contributed by atoms with Crippen LogP contribution in [0.25, 0.3) is 0 Å². The van der Waals surface area contributed by atoms with E-state index in [-0.39, 0.29) is 11.7 Å². The summed E-state index contributed by atoms with van der Waals surface area (Å²) in [6, 6.07) is 5.36. The van der Waals surface area contributed by atoms with Crippen molar-refractivity contribution in [3.8, 4) is 5.75 Å². The van der Waals surface area contributed by atoms with Crippen LogP contribution in [0.1, 0.15) is 33.8 Å². The summed E-state index contributed by atoms with van der Waals surface area (Å²) in [6.45, 7) is 4.07. The lowest BCUT2D eigenvalue weighted by Gasteiger charge is -2.30. The van der Waals surface area contributed by atoms with E-state index in [1.807, 2.05) is 6.07 Å². The first-order valence-electron chi connectivity index (χ1n) is 6.65. The van der Waals surface area contributed by atoms with Gasteiger partial charge in [-0.2, -0.15) is 0 Å². The lowest BCUT2D eigenvalue weighted by molar-refractivity contribution is 0.0982. The number of hydrogen-bond donors (Lipinski definition) is 1. The third kappa shape index (κ3) is 1.86. The number of aromatic hydroxyl groups is 1. The van der Waals surface area contributed by atoms with Gasteiger partial charge in [0.05, 0.1) is 11.4 Å². The molecule has 1 aromatic heterocycles. The fraction of sp³-hybridized carbons (Fsp3) is 0.333. The normalized spacial score (nSPS) is 14.2. The number of para-hydroxylation sites is 1. The molecule has 2 aromatic rings. The average Bonchev–Trinajstić information content (AvgIpc) is 2.77. The molecule has 0 spiro atoms. The van der Waals surface area contributed by atoms with Crippen molar-refractivity contribution in [3.05, 3.63) is 40.8 Å². The Bertz CT molecular complexity index is 656. The van der Waals surface area contributed by atoms with Crippen LogP contribution in [0.5, 0.6) is 5.75 Å². The zero-order valence-electron chi connectivity index (χ0n) is 11.5. The van der Waals surface area contributed by atoms with Gasteiger partial charge in [-0.15, -0.1) is 0 Å². The molecule has 1 N–H and O–H groups in total. The Kier molecular flexibility index (Phi) is 2.97. The molecule has 0 fully saturated rings. The molecule has 0 aliphatic carbocycles. The number of fused-ring (bicyclic) bond motifs is 1. The standard InChI is InChI=1S/C15H16N2O3/c1-9-13(10(2)20-16-9)15(19)17-8-4-6-11-5-3-7-12(18)14(11)17/h3,5,7,18H,4,6,8H2,1-2H3. The molecule has 20 heavy (non-hydrogen) atoms. The van der Waals surface area contributed by atoms with Crippen LogP contribution in [-0.2, 0) is 6.42 Å². The molecule has 104 valence electrons. The first kappa shape index (κ1) is 12.7. The van der Waals surface area contributed by atoms with Gasteiger partial charge >= 0.3 is 0 Å². The summed E-state index contributed by atoms with van der Waals surface area (Å²) >= 11 is 0. The van der Waals surface area contributed by atoms with Gasteiger partial charge in [-0.05, 0) is 38.3 Å². The van der Waals surface area contributed by atoms with Gasteiger partial charge in [-0.3, -0.25) is 4.79 Å². The van der Waals surface area contributed by atoms with Crippen LogP contribution in [-0.4, -0.2) is 22.7 Å². The predicted octanol–water partition coefficient (Wildman–Crippen LogP) is 2.59. The van der Waals surface area contributed by atoms with E-state index in [1.54, 1.807) is 30.9 Å². The van der Waals surface area contributed by atoms with Gasteiger partial charge in [0.25, 0.3) is 5.91 Å². The van der Waals surface area contributed by atoms with E-state index in [0.717, 1.165) is 18.4 Å². The number of anilines is 1. The molecule has 0 bridgehead atoms. The van der Waals surface area contributed by atoms with Crippen LogP contribution in [0, 0.1) is 13.8 Å². The van der Waals surface area contributed by atoms with Gasteiger partial charge in [-0.25, -0.2) is 0 Å². The first-order valence-corrected chi connectivity index (χ1v) is 6.65. The highest BCUT2D eigenvalue weighted by Crippen LogP contribution is 2.36. The molecule has 1 aromatic carbocycles. The van der Waals surface area contributed by atoms with Crippen molar-refractivity contribution >= 4 is 11.6 Å². The maximum Gasteiger partial charge on any atom is 0.263 e. The van der Waals surface area contributed by atoms with Crippen LogP contribution in [0.4, 0.5) is 5.69 Å². The van der Waals surface area contributed by atoms with Crippen LogP contribution in [0.15, 0.2) is 22.7 Å². The number of benzene rings is 1. The summed E-state index contributed by atoms with van der Waals surface area (Å²) in [5.41, 5.74) is 2.68. The number of carbonyl (C=O) groups is 1. The van der Waals surface area contributed by atoms with E-state index in [9.17, 15) is 9.90 Å². The van der Waals surface area contributed by atoms with E-state index in [1.165, 1.54) is 0 Å². The molecule has 0 atom stereocenters. The van der Waals surface area contributed by atoms with Crippen molar-refractivity contribution in [1.29, 1.82) is 0 Å². The maximum absolute atomic E-state index is 12.7. The fourth-order valence-electron chi connectivity index (χ4n) is 2.76. The van der Waals surface area contributed by atoms with E-state index in [2.05, 4.69) is 5.16 Å². The Morgan fingerprint density at radius 3 is 2.90 bits per heavy atom. The lowest BCUT2D eigenvalue weighted by Crippen LogP contribution is -2.36. The number of rotatable bonds is 1. The maximum atomic E-state index is 12.7. The summed E-state index contributed by atoms with van der Waals surface area (Å²) in [4.78, 5) is 14.4. The molecule has 5 nitrogen and oxygen atoms in total. The third-order valence-electron chi connectivity index (χ3n) is 3.69. The molecule has 2 heterocycles. The number of phenols is 1. The number of nitrogens with zero attached hydrogens (tertiary/aromatic N) is 2. The van der Waals surface area contributed by atoms with Gasteiger partial charge in [0, 0.05) is 6.54 Å². The van der Waals surface area contributed by atoms with E-state index in [0.29, 0.717) is 29.2 Å². The smallest absolute Gasteiger partial charge is 0.263 e. The van der Waals surface area contributed by atoms with Gasteiger partial charge in [0.2, 0.25) is 0 Å². The van der Waals surface area contributed by atoms with Crippen molar-refractivity contribution in [3.63, 3.8) is 0 Å². The molecule has 0 radical (unpaired) electrons. The predicted molar refractivity (Wildman–Crippen MR) is 74.1 cm³/mol. The molecule has 1 aliphatic heterocycles. The lowest BCUT2D eigenvalue weighted by atomic mass is 10.00. The zero-order chi connectivity index (χ0) is 14.3. The molecule has 0 saturated carbocycles. The van der Waals surface area contributed by atoms with Gasteiger partial charge < -0.3 is 14.5 Å². The number of hydrogen-bond acceptors (Lipinski definition) is 4. The van der Waals surface area contributed by atoms with Gasteiger partial charge in [0.15, 0.2) is 0 Å². The quantitative estimate of drug-likeness (QED) is 0.866. The molecule has 3 rings (SSSR count). The average molecular weight is 272 g/mol. The number of carbonyl (C=O) groups excluding carboxylic acids is 1. The zero-order valence-corrected chi connectivity index (χ0v) is 11.5. The second-order valence-corrected chi connectivity index (χ2v) is 5.04. The van der Waals surface area contributed by atoms with Crippen LogP contribution >= 0.6 is 0 Å². The minimum absolute atomic E-state index is 0.141. The number of phenolic OH excluding ortho intramolecular Hbond substituents is 1. The number of amides is 1. The molecule has 0 saturated heterocycles.